The SMILES string of the molecule is CSc1cccc(C(=O)Nc2nnc(-c3cc(Cl)ccc3Cl)o2)c1. The Balaban J connectivity index is 1.81. The van der Waals surface area contributed by atoms with Gasteiger partial charge in [0.1, 0.15) is 0 Å². The lowest BCUT2D eigenvalue weighted by molar-refractivity contribution is 0.102. The fraction of sp³-hybridized carbons (Fsp3) is 0.0625. The summed E-state index contributed by atoms with van der Waals surface area (Å²) in [5.74, 6) is -0.158. The Morgan fingerprint density at radius 3 is 2.79 bits per heavy atom. The standard InChI is InChI=1S/C16H11Cl2N3O2S/c1-24-11-4-2-3-9(7-11)14(22)19-16-21-20-15(23-16)12-8-10(17)5-6-13(12)18/h2-8H,1H3,(H,19,21,22). The molecular formula is C16H11Cl2N3O2S. The first-order valence-corrected chi connectivity index (χ1v) is 8.79. The molecule has 8 heteroatoms. The van der Waals surface area contributed by atoms with Crippen LogP contribution >= 0.6 is 35.0 Å². The number of anilines is 1. The summed E-state index contributed by atoms with van der Waals surface area (Å²) in [4.78, 5) is 13.2. The minimum atomic E-state index is -0.335. The maximum atomic E-state index is 12.3. The third-order valence-electron chi connectivity index (χ3n) is 3.14. The van der Waals surface area contributed by atoms with E-state index in [1.54, 1.807) is 42.1 Å². The first-order valence-electron chi connectivity index (χ1n) is 6.81. The molecule has 1 heterocycles. The largest absolute Gasteiger partial charge is 0.403 e. The molecule has 1 N–H and O–H groups in total. The summed E-state index contributed by atoms with van der Waals surface area (Å²) >= 11 is 13.6. The Morgan fingerprint density at radius 2 is 2.00 bits per heavy atom. The highest BCUT2D eigenvalue weighted by molar-refractivity contribution is 7.98. The normalized spacial score (nSPS) is 10.6. The molecule has 3 rings (SSSR count). The highest BCUT2D eigenvalue weighted by Gasteiger charge is 2.15. The zero-order valence-corrected chi connectivity index (χ0v) is 14.7. The minimum absolute atomic E-state index is 0.0133. The van der Waals surface area contributed by atoms with Crippen LogP contribution in [0.4, 0.5) is 6.01 Å². The molecule has 0 aliphatic carbocycles. The van der Waals surface area contributed by atoms with Gasteiger partial charge >= 0.3 is 6.01 Å². The topological polar surface area (TPSA) is 68.0 Å². The van der Waals surface area contributed by atoms with Gasteiger partial charge in [-0.25, -0.2) is 0 Å². The molecule has 0 fully saturated rings. The number of aromatic nitrogens is 2. The van der Waals surface area contributed by atoms with E-state index in [0.29, 0.717) is 21.2 Å². The Labute approximate surface area is 152 Å². The van der Waals surface area contributed by atoms with Crippen LogP contribution in [0.5, 0.6) is 0 Å². The maximum Gasteiger partial charge on any atom is 0.322 e. The van der Waals surface area contributed by atoms with Gasteiger partial charge in [-0.15, -0.1) is 16.9 Å². The third-order valence-corrected chi connectivity index (χ3v) is 4.43. The molecule has 0 spiro atoms. The number of rotatable bonds is 4. The second-order valence-corrected chi connectivity index (χ2v) is 6.45. The fourth-order valence-electron chi connectivity index (χ4n) is 1.98. The molecule has 122 valence electrons. The first kappa shape index (κ1) is 16.8. The smallest absolute Gasteiger partial charge is 0.322 e. The van der Waals surface area contributed by atoms with E-state index in [0.717, 1.165) is 4.90 Å². The molecule has 0 aliphatic heterocycles. The predicted molar refractivity (Wildman–Crippen MR) is 95.9 cm³/mol. The van der Waals surface area contributed by atoms with Crippen molar-refractivity contribution in [3.8, 4) is 11.5 Å². The summed E-state index contributed by atoms with van der Waals surface area (Å²) in [6, 6.07) is 12.1. The Morgan fingerprint density at radius 1 is 1.17 bits per heavy atom. The van der Waals surface area contributed by atoms with Crippen LogP contribution in [0.2, 0.25) is 10.0 Å². The van der Waals surface area contributed by atoms with Gasteiger partial charge in [0.25, 0.3) is 11.8 Å². The summed E-state index contributed by atoms with van der Waals surface area (Å²) in [6.07, 6.45) is 1.94. The number of nitrogens with zero attached hydrogens (tertiary/aromatic N) is 2. The van der Waals surface area contributed by atoms with E-state index in [-0.39, 0.29) is 17.8 Å². The quantitative estimate of drug-likeness (QED) is 0.644. The van der Waals surface area contributed by atoms with Crippen LogP contribution in [-0.2, 0) is 0 Å². The van der Waals surface area contributed by atoms with Crippen molar-refractivity contribution in [1.29, 1.82) is 0 Å². The number of halogens is 2. The monoisotopic (exact) mass is 379 g/mol. The number of thioether (sulfide) groups is 1. The van der Waals surface area contributed by atoms with Crippen LogP contribution in [0.1, 0.15) is 10.4 Å². The van der Waals surface area contributed by atoms with Crippen molar-refractivity contribution < 1.29 is 9.21 Å². The van der Waals surface area contributed by atoms with Crippen molar-refractivity contribution in [3.63, 3.8) is 0 Å². The molecule has 0 aliphatic rings. The molecule has 5 nitrogen and oxygen atoms in total. The van der Waals surface area contributed by atoms with E-state index < -0.39 is 0 Å². The average Bonchev–Trinajstić information content (AvgIpc) is 3.05. The van der Waals surface area contributed by atoms with Gasteiger partial charge in [0, 0.05) is 15.5 Å². The van der Waals surface area contributed by atoms with Crippen LogP contribution in [0.15, 0.2) is 51.8 Å². The average molecular weight is 380 g/mol. The molecule has 1 amide bonds. The van der Waals surface area contributed by atoms with Crippen molar-refractivity contribution in [2.75, 3.05) is 11.6 Å². The van der Waals surface area contributed by atoms with Gasteiger partial charge in [0.05, 0.1) is 10.6 Å². The number of hydrogen-bond donors (Lipinski definition) is 1. The van der Waals surface area contributed by atoms with E-state index in [9.17, 15) is 4.79 Å². The third kappa shape index (κ3) is 3.72. The van der Waals surface area contributed by atoms with E-state index in [2.05, 4.69) is 15.5 Å². The summed E-state index contributed by atoms with van der Waals surface area (Å²) in [7, 11) is 0. The summed E-state index contributed by atoms with van der Waals surface area (Å²) in [5, 5.41) is 11.2. The summed E-state index contributed by atoms with van der Waals surface area (Å²) in [6.45, 7) is 0. The number of carbonyl (C=O) groups is 1. The fourth-order valence-corrected chi connectivity index (χ4v) is 2.81. The highest BCUT2D eigenvalue weighted by Crippen LogP contribution is 2.30. The van der Waals surface area contributed by atoms with Gasteiger partial charge in [0.15, 0.2) is 0 Å². The second kappa shape index (κ2) is 7.25. The summed E-state index contributed by atoms with van der Waals surface area (Å²) in [5.41, 5.74) is 1.00. The highest BCUT2D eigenvalue weighted by atomic mass is 35.5. The first-order chi connectivity index (χ1) is 11.6. The number of hydrogen-bond acceptors (Lipinski definition) is 5. The minimum Gasteiger partial charge on any atom is -0.403 e. The molecule has 0 atom stereocenters. The van der Waals surface area contributed by atoms with E-state index in [1.165, 1.54) is 0 Å². The van der Waals surface area contributed by atoms with Gasteiger partial charge in [-0.3, -0.25) is 10.1 Å². The molecule has 0 saturated carbocycles. The number of benzene rings is 2. The molecular weight excluding hydrogens is 369 g/mol. The zero-order valence-electron chi connectivity index (χ0n) is 12.4. The molecule has 0 unspecified atom stereocenters. The van der Waals surface area contributed by atoms with Gasteiger partial charge < -0.3 is 4.42 Å². The van der Waals surface area contributed by atoms with Crippen molar-refractivity contribution in [3.05, 3.63) is 58.1 Å². The number of amides is 1. The maximum absolute atomic E-state index is 12.3. The van der Waals surface area contributed by atoms with Crippen LogP contribution in [0.3, 0.4) is 0 Å². The Kier molecular flexibility index (Phi) is 5.08. The lowest BCUT2D eigenvalue weighted by atomic mass is 10.2. The van der Waals surface area contributed by atoms with E-state index in [4.69, 9.17) is 27.6 Å². The molecule has 2 aromatic carbocycles. The van der Waals surface area contributed by atoms with Crippen molar-refractivity contribution in [1.82, 2.24) is 10.2 Å². The number of carbonyl (C=O) groups excluding carboxylic acids is 1. The van der Waals surface area contributed by atoms with Gasteiger partial charge in [-0.2, -0.15) is 0 Å². The van der Waals surface area contributed by atoms with Crippen LogP contribution < -0.4 is 5.32 Å². The van der Waals surface area contributed by atoms with Crippen molar-refractivity contribution in [2.24, 2.45) is 0 Å². The molecule has 3 aromatic rings. The van der Waals surface area contributed by atoms with E-state index in [1.807, 2.05) is 18.4 Å². The molecule has 1 aromatic heterocycles. The Hall–Kier alpha value is -2.02. The van der Waals surface area contributed by atoms with Crippen LogP contribution in [0.25, 0.3) is 11.5 Å². The van der Waals surface area contributed by atoms with Crippen LogP contribution in [-0.4, -0.2) is 22.4 Å². The van der Waals surface area contributed by atoms with Crippen molar-refractivity contribution >= 4 is 46.9 Å². The second-order valence-electron chi connectivity index (χ2n) is 4.72. The molecule has 24 heavy (non-hydrogen) atoms. The summed E-state index contributed by atoms with van der Waals surface area (Å²) < 4.78 is 5.45. The lowest BCUT2D eigenvalue weighted by Gasteiger charge is -2.02. The number of nitrogens with one attached hydrogen (secondary N) is 1. The van der Waals surface area contributed by atoms with Gasteiger partial charge in [0.2, 0.25) is 0 Å². The van der Waals surface area contributed by atoms with Crippen molar-refractivity contribution in [2.45, 2.75) is 4.90 Å². The predicted octanol–water partition coefficient (Wildman–Crippen LogP) is 5.02. The van der Waals surface area contributed by atoms with E-state index >= 15 is 0 Å². The van der Waals surface area contributed by atoms with Gasteiger partial charge in [-0.05, 0) is 42.7 Å². The molecule has 0 saturated heterocycles. The lowest BCUT2D eigenvalue weighted by Crippen LogP contribution is -2.12. The molecule has 0 radical (unpaired) electrons. The Bertz CT molecular complexity index is 899. The van der Waals surface area contributed by atoms with Gasteiger partial charge in [-0.1, -0.05) is 34.4 Å². The molecule has 0 bridgehead atoms. The zero-order chi connectivity index (χ0) is 17.1. The van der Waals surface area contributed by atoms with Crippen LogP contribution in [0, 0.1) is 0 Å².